The number of carbonyl (C=O) groups excluding carboxylic acids is 1. The van der Waals surface area contributed by atoms with Crippen molar-refractivity contribution in [3.8, 4) is 5.75 Å². The monoisotopic (exact) mass is 403 g/mol. The third-order valence-electron chi connectivity index (χ3n) is 4.65. The Morgan fingerprint density at radius 1 is 1.41 bits per heavy atom. The molecule has 0 radical (unpaired) electrons. The fraction of sp³-hybridized carbons (Fsp3) is 0.316. The minimum Gasteiger partial charge on any atom is -0.495 e. The van der Waals surface area contributed by atoms with Crippen molar-refractivity contribution in [3.63, 3.8) is 0 Å². The van der Waals surface area contributed by atoms with Crippen LogP contribution in [-0.2, 0) is 24.1 Å². The Labute approximate surface area is 164 Å². The molecule has 140 valence electrons. The molecule has 1 aliphatic carbocycles. The second-order valence-corrected chi connectivity index (χ2v) is 7.94. The summed E-state index contributed by atoms with van der Waals surface area (Å²) in [5.74, 6) is 0.913. The molecule has 0 saturated heterocycles. The van der Waals surface area contributed by atoms with Crippen molar-refractivity contribution in [1.29, 1.82) is 0 Å². The lowest BCUT2D eigenvalue weighted by Crippen LogP contribution is -2.16. The summed E-state index contributed by atoms with van der Waals surface area (Å²) in [6.07, 6.45) is 3.66. The second-order valence-electron chi connectivity index (χ2n) is 6.45. The molecule has 3 aromatic rings. The van der Waals surface area contributed by atoms with Crippen LogP contribution in [0.5, 0.6) is 5.75 Å². The zero-order valence-corrected chi connectivity index (χ0v) is 16.3. The standard InChI is InChI=1S/C19H18ClN3O3S/c1-26-13-6-5-10(9-12(13)20)21-16(24)8-7-15-22-18(25)17-11-3-2-4-14(11)27-19(17)23-15/h5-6,9H,2-4,7-8H2,1H3,(H,21,24)(H,22,23,25). The van der Waals surface area contributed by atoms with E-state index in [9.17, 15) is 9.59 Å². The van der Waals surface area contributed by atoms with E-state index < -0.39 is 0 Å². The molecule has 1 aliphatic rings. The Kier molecular flexibility index (Phi) is 4.88. The lowest BCUT2D eigenvalue weighted by molar-refractivity contribution is -0.116. The van der Waals surface area contributed by atoms with Gasteiger partial charge in [0.05, 0.1) is 17.5 Å². The first-order valence-corrected chi connectivity index (χ1v) is 9.91. The van der Waals surface area contributed by atoms with Crippen molar-refractivity contribution < 1.29 is 9.53 Å². The summed E-state index contributed by atoms with van der Waals surface area (Å²) in [7, 11) is 1.53. The number of ether oxygens (including phenoxy) is 1. The van der Waals surface area contributed by atoms with Crippen LogP contribution in [0.25, 0.3) is 10.2 Å². The van der Waals surface area contributed by atoms with Crippen molar-refractivity contribution in [2.24, 2.45) is 0 Å². The smallest absolute Gasteiger partial charge is 0.259 e. The molecule has 2 N–H and O–H groups in total. The number of benzene rings is 1. The molecule has 0 spiro atoms. The summed E-state index contributed by atoms with van der Waals surface area (Å²) in [6.45, 7) is 0. The van der Waals surface area contributed by atoms with E-state index in [0.717, 1.165) is 35.0 Å². The van der Waals surface area contributed by atoms with Crippen LogP contribution in [0.15, 0.2) is 23.0 Å². The molecule has 0 unspecified atom stereocenters. The Morgan fingerprint density at radius 3 is 3.04 bits per heavy atom. The van der Waals surface area contributed by atoms with Crippen LogP contribution in [0.3, 0.4) is 0 Å². The lowest BCUT2D eigenvalue weighted by atomic mass is 10.2. The van der Waals surface area contributed by atoms with Crippen LogP contribution >= 0.6 is 22.9 Å². The molecule has 2 heterocycles. The van der Waals surface area contributed by atoms with E-state index in [2.05, 4.69) is 15.3 Å². The van der Waals surface area contributed by atoms with Gasteiger partial charge in [-0.1, -0.05) is 11.6 Å². The lowest BCUT2D eigenvalue weighted by Gasteiger charge is -2.08. The summed E-state index contributed by atoms with van der Waals surface area (Å²) in [5, 5.41) is 3.95. The Morgan fingerprint density at radius 2 is 2.26 bits per heavy atom. The van der Waals surface area contributed by atoms with E-state index in [1.54, 1.807) is 29.5 Å². The maximum Gasteiger partial charge on any atom is 0.259 e. The van der Waals surface area contributed by atoms with Gasteiger partial charge in [0.15, 0.2) is 0 Å². The predicted molar refractivity (Wildman–Crippen MR) is 107 cm³/mol. The van der Waals surface area contributed by atoms with Crippen LogP contribution in [0, 0.1) is 0 Å². The average Bonchev–Trinajstić information content (AvgIpc) is 3.20. The molecule has 27 heavy (non-hydrogen) atoms. The van der Waals surface area contributed by atoms with Gasteiger partial charge in [-0.2, -0.15) is 0 Å². The normalized spacial score (nSPS) is 13.0. The van der Waals surface area contributed by atoms with Crippen molar-refractivity contribution in [3.05, 3.63) is 49.8 Å². The van der Waals surface area contributed by atoms with Crippen LogP contribution in [0.2, 0.25) is 5.02 Å². The van der Waals surface area contributed by atoms with Gasteiger partial charge in [0.2, 0.25) is 5.91 Å². The number of H-pyrrole nitrogens is 1. The number of nitrogens with one attached hydrogen (secondary N) is 2. The van der Waals surface area contributed by atoms with E-state index >= 15 is 0 Å². The van der Waals surface area contributed by atoms with Crippen LogP contribution < -0.4 is 15.6 Å². The van der Waals surface area contributed by atoms with Gasteiger partial charge in [-0.3, -0.25) is 9.59 Å². The second kappa shape index (κ2) is 7.32. The number of aromatic amines is 1. The molecular formula is C19H18ClN3O3S. The molecule has 0 aliphatic heterocycles. The molecule has 4 rings (SSSR count). The predicted octanol–water partition coefficient (Wildman–Crippen LogP) is 3.71. The number of hydrogen-bond donors (Lipinski definition) is 2. The molecule has 6 nitrogen and oxygen atoms in total. The summed E-state index contributed by atoms with van der Waals surface area (Å²) in [4.78, 5) is 34.1. The number of thiophene rings is 1. The molecule has 0 atom stereocenters. The topological polar surface area (TPSA) is 84.1 Å². The number of hydrogen-bond acceptors (Lipinski definition) is 5. The van der Waals surface area contributed by atoms with E-state index in [1.165, 1.54) is 12.0 Å². The summed E-state index contributed by atoms with van der Waals surface area (Å²) in [5.41, 5.74) is 1.65. The van der Waals surface area contributed by atoms with E-state index in [1.807, 2.05) is 0 Å². The van der Waals surface area contributed by atoms with Crippen LogP contribution in [0.4, 0.5) is 5.69 Å². The maximum absolute atomic E-state index is 12.4. The van der Waals surface area contributed by atoms with Crippen molar-refractivity contribution in [2.45, 2.75) is 32.1 Å². The summed E-state index contributed by atoms with van der Waals surface area (Å²) >= 11 is 7.66. The Hall–Kier alpha value is -2.38. The van der Waals surface area contributed by atoms with E-state index in [0.29, 0.717) is 28.7 Å². The van der Waals surface area contributed by atoms with Gasteiger partial charge in [0, 0.05) is 23.4 Å². The number of rotatable bonds is 5. The minimum absolute atomic E-state index is 0.100. The first kappa shape index (κ1) is 18.0. The van der Waals surface area contributed by atoms with E-state index in [-0.39, 0.29) is 17.9 Å². The van der Waals surface area contributed by atoms with Gasteiger partial charge in [-0.25, -0.2) is 4.98 Å². The average molecular weight is 404 g/mol. The fourth-order valence-corrected chi connectivity index (χ4v) is 4.90. The number of amides is 1. The third-order valence-corrected chi connectivity index (χ3v) is 6.13. The Bertz CT molecular complexity index is 1090. The highest BCUT2D eigenvalue weighted by Gasteiger charge is 2.21. The SMILES string of the molecule is COc1ccc(NC(=O)CCc2nc3sc4c(c3c(=O)[nH]2)CCC4)cc1Cl. The van der Waals surface area contributed by atoms with Gasteiger partial charge in [-0.05, 0) is 43.0 Å². The summed E-state index contributed by atoms with van der Waals surface area (Å²) in [6, 6.07) is 5.06. The molecule has 0 bridgehead atoms. The number of aryl methyl sites for hydroxylation is 3. The first-order chi connectivity index (χ1) is 13.0. The number of methoxy groups -OCH3 is 1. The largest absolute Gasteiger partial charge is 0.495 e. The van der Waals surface area contributed by atoms with Crippen molar-refractivity contribution in [2.75, 3.05) is 12.4 Å². The highest BCUT2D eigenvalue weighted by Crippen LogP contribution is 2.34. The Balaban J connectivity index is 1.44. The first-order valence-electron chi connectivity index (χ1n) is 8.72. The molecule has 1 amide bonds. The summed E-state index contributed by atoms with van der Waals surface area (Å²) < 4.78 is 5.09. The number of fused-ring (bicyclic) bond motifs is 3. The third kappa shape index (κ3) is 3.57. The quantitative estimate of drug-likeness (QED) is 0.680. The number of carbonyl (C=O) groups is 1. The van der Waals surface area contributed by atoms with Gasteiger partial charge in [0.25, 0.3) is 5.56 Å². The van der Waals surface area contributed by atoms with Gasteiger partial charge in [-0.15, -0.1) is 11.3 Å². The molecule has 2 aromatic heterocycles. The van der Waals surface area contributed by atoms with Crippen molar-refractivity contribution in [1.82, 2.24) is 9.97 Å². The molecule has 1 aromatic carbocycles. The van der Waals surface area contributed by atoms with E-state index in [4.69, 9.17) is 16.3 Å². The molecule has 0 saturated carbocycles. The zero-order valence-electron chi connectivity index (χ0n) is 14.7. The zero-order chi connectivity index (χ0) is 19.0. The maximum atomic E-state index is 12.4. The van der Waals surface area contributed by atoms with Crippen molar-refractivity contribution >= 4 is 44.7 Å². The molecular weight excluding hydrogens is 386 g/mol. The fourth-order valence-electron chi connectivity index (χ4n) is 3.36. The van der Waals surface area contributed by atoms with Gasteiger partial charge < -0.3 is 15.0 Å². The van der Waals surface area contributed by atoms with Crippen LogP contribution in [0.1, 0.15) is 29.1 Å². The number of aromatic nitrogens is 2. The van der Waals surface area contributed by atoms with Gasteiger partial charge >= 0.3 is 0 Å². The minimum atomic E-state index is -0.173. The number of nitrogens with zero attached hydrogens (tertiary/aromatic N) is 1. The highest BCUT2D eigenvalue weighted by atomic mass is 35.5. The van der Waals surface area contributed by atoms with Gasteiger partial charge in [0.1, 0.15) is 16.4 Å². The molecule has 0 fully saturated rings. The number of halogens is 1. The highest BCUT2D eigenvalue weighted by molar-refractivity contribution is 7.18. The van der Waals surface area contributed by atoms with Crippen LogP contribution in [-0.4, -0.2) is 23.0 Å². The number of anilines is 1. The molecule has 8 heteroatoms.